The molecule has 2 heterocycles. The van der Waals surface area contributed by atoms with Gasteiger partial charge in [-0.3, -0.25) is 24.1 Å². The molecule has 0 radical (unpaired) electrons. The molecule has 0 saturated carbocycles. The number of imide groups is 1. The molecule has 45 heavy (non-hydrogen) atoms. The highest BCUT2D eigenvalue weighted by Crippen LogP contribution is 2.38. The number of benzene rings is 3. The number of nitrogens with one attached hydrogen (secondary N) is 1. The molecule has 0 aromatic heterocycles. The van der Waals surface area contributed by atoms with Crippen LogP contribution in [0.15, 0.2) is 72.8 Å². The van der Waals surface area contributed by atoms with Gasteiger partial charge in [0, 0.05) is 30.6 Å². The van der Waals surface area contributed by atoms with E-state index in [9.17, 15) is 24.0 Å². The minimum Gasteiger partial charge on any atom is -0.464 e. The highest BCUT2D eigenvalue weighted by molar-refractivity contribution is 6.34. The van der Waals surface area contributed by atoms with E-state index in [4.69, 9.17) is 10.5 Å². The van der Waals surface area contributed by atoms with Crippen LogP contribution in [-0.2, 0) is 32.0 Å². The van der Waals surface area contributed by atoms with Crippen molar-refractivity contribution < 1.29 is 28.7 Å². The Hall–Kier alpha value is -4.83. The third-order valence-corrected chi connectivity index (χ3v) is 8.59. The highest BCUT2D eigenvalue weighted by atomic mass is 16.5. The first-order valence-corrected chi connectivity index (χ1v) is 15.3. The zero-order valence-electron chi connectivity index (χ0n) is 25.7. The lowest BCUT2D eigenvalue weighted by Gasteiger charge is -2.32. The largest absolute Gasteiger partial charge is 0.464 e. The first-order chi connectivity index (χ1) is 21.6. The Morgan fingerprint density at radius 1 is 0.956 bits per heavy atom. The second-order valence-electron chi connectivity index (χ2n) is 11.5. The third kappa shape index (κ3) is 6.37. The first-order valence-electron chi connectivity index (χ1n) is 15.3. The van der Waals surface area contributed by atoms with Gasteiger partial charge in [0.05, 0.1) is 29.8 Å². The molecule has 4 amide bonds. The molecule has 3 aromatic rings. The van der Waals surface area contributed by atoms with Gasteiger partial charge in [0.25, 0.3) is 11.8 Å². The average Bonchev–Trinajstić information content (AvgIpc) is 3.54. The van der Waals surface area contributed by atoms with Crippen molar-refractivity contribution in [2.45, 2.75) is 64.6 Å². The molecule has 4 atom stereocenters. The van der Waals surface area contributed by atoms with E-state index in [1.54, 1.807) is 49.4 Å². The molecule has 2 aliphatic heterocycles. The molecular formula is C35H38N4O6. The molecule has 5 rings (SSSR count). The van der Waals surface area contributed by atoms with Gasteiger partial charge >= 0.3 is 5.97 Å². The molecule has 0 spiro atoms. The molecule has 0 saturated heterocycles. The molecule has 10 nitrogen and oxygen atoms in total. The number of carbonyl (C=O) groups excluding carboxylic acids is 5. The number of ether oxygens (including phenoxy) is 1. The average molecular weight is 611 g/mol. The van der Waals surface area contributed by atoms with E-state index in [0.29, 0.717) is 28.1 Å². The predicted octanol–water partition coefficient (Wildman–Crippen LogP) is 3.80. The van der Waals surface area contributed by atoms with E-state index in [0.717, 1.165) is 16.9 Å². The minimum absolute atomic E-state index is 0.0125. The summed E-state index contributed by atoms with van der Waals surface area (Å²) in [4.78, 5) is 68.7. The molecule has 234 valence electrons. The van der Waals surface area contributed by atoms with Crippen LogP contribution in [0.5, 0.6) is 0 Å². The summed E-state index contributed by atoms with van der Waals surface area (Å²) in [6.45, 7) is 5.80. The number of amides is 4. The van der Waals surface area contributed by atoms with E-state index in [2.05, 4.69) is 5.32 Å². The van der Waals surface area contributed by atoms with Crippen molar-refractivity contribution in [2.75, 3.05) is 16.4 Å². The van der Waals surface area contributed by atoms with Crippen LogP contribution in [0, 0.1) is 5.92 Å². The fourth-order valence-corrected chi connectivity index (χ4v) is 6.11. The van der Waals surface area contributed by atoms with E-state index >= 15 is 0 Å². The molecule has 0 fully saturated rings. The number of carbonyl (C=O) groups is 5. The van der Waals surface area contributed by atoms with Crippen molar-refractivity contribution >= 4 is 41.0 Å². The summed E-state index contributed by atoms with van der Waals surface area (Å²) in [5.41, 5.74) is 9.60. The fraction of sp³-hybridized carbons (Fsp3) is 0.343. The van der Waals surface area contributed by atoms with Gasteiger partial charge in [-0.1, -0.05) is 62.7 Å². The van der Waals surface area contributed by atoms with Crippen molar-refractivity contribution in [3.05, 3.63) is 95.1 Å². The van der Waals surface area contributed by atoms with Gasteiger partial charge in [0.2, 0.25) is 11.8 Å². The normalized spacial score (nSPS) is 17.4. The zero-order valence-corrected chi connectivity index (χ0v) is 25.7. The maximum Gasteiger partial charge on any atom is 0.329 e. The molecule has 3 aromatic carbocycles. The summed E-state index contributed by atoms with van der Waals surface area (Å²) in [5, 5.41) is 3.04. The van der Waals surface area contributed by atoms with Crippen molar-refractivity contribution in [1.29, 1.82) is 0 Å². The van der Waals surface area contributed by atoms with E-state index in [-0.39, 0.29) is 37.7 Å². The maximum atomic E-state index is 13.9. The summed E-state index contributed by atoms with van der Waals surface area (Å²) < 4.78 is 5.32. The van der Waals surface area contributed by atoms with E-state index < -0.39 is 41.8 Å². The Morgan fingerprint density at radius 3 is 2.22 bits per heavy atom. The minimum atomic E-state index is -0.938. The van der Waals surface area contributed by atoms with Crippen LogP contribution >= 0.6 is 0 Å². The summed E-state index contributed by atoms with van der Waals surface area (Å²) in [5.74, 6) is -2.02. The van der Waals surface area contributed by atoms with Crippen molar-refractivity contribution in [3.8, 4) is 0 Å². The molecule has 0 bridgehead atoms. The van der Waals surface area contributed by atoms with Crippen LogP contribution in [0.4, 0.5) is 11.4 Å². The molecule has 2 aliphatic rings. The number of fused-ring (bicyclic) bond motifs is 2. The number of nitrogens with zero attached hydrogens (tertiary/aromatic N) is 2. The number of rotatable bonds is 11. The number of anilines is 2. The molecule has 4 unspecified atom stereocenters. The molecule has 3 N–H and O–H groups in total. The van der Waals surface area contributed by atoms with Crippen molar-refractivity contribution in [2.24, 2.45) is 11.7 Å². The summed E-state index contributed by atoms with van der Waals surface area (Å²) in [6.07, 6.45) is 0.940. The monoisotopic (exact) mass is 610 g/mol. The highest BCUT2D eigenvalue weighted by Gasteiger charge is 2.42. The van der Waals surface area contributed by atoms with Gasteiger partial charge in [0.15, 0.2) is 0 Å². The Labute approximate surface area is 262 Å². The third-order valence-electron chi connectivity index (χ3n) is 8.59. The van der Waals surface area contributed by atoms with Crippen molar-refractivity contribution in [1.82, 2.24) is 5.32 Å². The summed E-state index contributed by atoms with van der Waals surface area (Å²) in [6, 6.07) is 18.8. The zero-order chi connectivity index (χ0) is 32.2. The van der Waals surface area contributed by atoms with Gasteiger partial charge in [0.1, 0.15) is 6.04 Å². The lowest BCUT2D eigenvalue weighted by atomic mass is 9.90. The fourth-order valence-electron chi connectivity index (χ4n) is 6.11. The Kier molecular flexibility index (Phi) is 9.43. The predicted molar refractivity (Wildman–Crippen MR) is 170 cm³/mol. The number of hydrogen-bond acceptors (Lipinski definition) is 7. The van der Waals surface area contributed by atoms with E-state index in [1.807, 2.05) is 44.2 Å². The first kappa shape index (κ1) is 31.6. The quantitative estimate of drug-likeness (QED) is 0.249. The Morgan fingerprint density at radius 2 is 1.60 bits per heavy atom. The SMILES string of the molecule is CCOC(=O)C1Cc2cc(N3C(=O)c4ccccc4C3=O)ccc2N1C(=O)CC(N)C(NC(=O)Cc1ccccc1)C(C)CC. The number of nitrogens with two attached hydrogens (primary N) is 1. The number of esters is 1. The van der Waals surface area contributed by atoms with Gasteiger partial charge in [-0.25, -0.2) is 9.69 Å². The Bertz CT molecular complexity index is 1590. The van der Waals surface area contributed by atoms with Crippen LogP contribution in [0.1, 0.15) is 65.5 Å². The lowest BCUT2D eigenvalue weighted by Crippen LogP contribution is -2.54. The molecule has 10 heteroatoms. The second kappa shape index (κ2) is 13.4. The second-order valence-corrected chi connectivity index (χ2v) is 11.5. The lowest BCUT2D eigenvalue weighted by molar-refractivity contribution is -0.145. The van der Waals surface area contributed by atoms with Crippen LogP contribution in [-0.4, -0.2) is 54.3 Å². The van der Waals surface area contributed by atoms with Crippen LogP contribution in [0.25, 0.3) is 0 Å². The summed E-state index contributed by atoms with van der Waals surface area (Å²) in [7, 11) is 0. The van der Waals surface area contributed by atoms with Crippen molar-refractivity contribution in [3.63, 3.8) is 0 Å². The van der Waals surface area contributed by atoms with Crippen LogP contribution in [0.3, 0.4) is 0 Å². The molecular weight excluding hydrogens is 572 g/mol. The van der Waals surface area contributed by atoms with Gasteiger partial charge in [-0.05, 0) is 54.3 Å². The topological polar surface area (TPSA) is 139 Å². The van der Waals surface area contributed by atoms with Gasteiger partial charge in [-0.2, -0.15) is 0 Å². The van der Waals surface area contributed by atoms with Gasteiger partial charge < -0.3 is 15.8 Å². The van der Waals surface area contributed by atoms with E-state index in [1.165, 1.54) is 4.90 Å². The maximum absolute atomic E-state index is 13.9. The number of hydrogen-bond donors (Lipinski definition) is 2. The standard InChI is InChI=1S/C35H38N4O6/c1-4-21(3)32(37-30(40)17-22-11-7-6-8-12-22)27(36)20-31(41)39-28-16-15-24(18-23(28)19-29(39)35(44)45-5-2)38-33(42)25-13-9-10-14-26(25)34(38)43/h6-16,18,21,27,29,32H,4-5,17,19-20,36H2,1-3H3,(H,37,40). The Balaban J connectivity index is 1.38. The molecule has 0 aliphatic carbocycles. The van der Waals surface area contributed by atoms with Gasteiger partial charge in [-0.15, -0.1) is 0 Å². The summed E-state index contributed by atoms with van der Waals surface area (Å²) >= 11 is 0. The van der Waals surface area contributed by atoms with Crippen LogP contribution < -0.4 is 20.9 Å². The smallest absolute Gasteiger partial charge is 0.329 e. The van der Waals surface area contributed by atoms with Crippen LogP contribution in [0.2, 0.25) is 0 Å².